The lowest BCUT2D eigenvalue weighted by Gasteiger charge is -2.45. The first-order chi connectivity index (χ1) is 15.4. The minimum Gasteiger partial charge on any atom is -0.489 e. The normalized spacial score (nSPS) is 21.2. The number of hydrogen-bond acceptors (Lipinski definition) is 3. The Morgan fingerprint density at radius 1 is 1.03 bits per heavy atom. The third kappa shape index (κ3) is 5.03. The minimum atomic E-state index is -0.866. The minimum absolute atomic E-state index is 0.0252. The van der Waals surface area contributed by atoms with Gasteiger partial charge in [-0.3, -0.25) is 4.90 Å². The first-order valence-corrected chi connectivity index (χ1v) is 11.3. The molecule has 1 fully saturated rings. The van der Waals surface area contributed by atoms with Gasteiger partial charge in [-0.25, -0.2) is 4.79 Å². The lowest BCUT2D eigenvalue weighted by Crippen LogP contribution is -2.47. The van der Waals surface area contributed by atoms with E-state index in [0.717, 1.165) is 42.9 Å². The smallest absolute Gasteiger partial charge is 0.335 e. The van der Waals surface area contributed by atoms with Crippen molar-refractivity contribution in [3.63, 3.8) is 0 Å². The number of hydrogen-bond donors (Lipinski definition) is 1. The maximum atomic E-state index is 11.4. The van der Waals surface area contributed by atoms with Gasteiger partial charge in [-0.1, -0.05) is 68.4 Å². The second kappa shape index (κ2) is 9.58. The second-order valence-electron chi connectivity index (χ2n) is 9.11. The van der Waals surface area contributed by atoms with Gasteiger partial charge in [-0.2, -0.15) is 0 Å². The fraction of sp³-hybridized carbons (Fsp3) is 0.321. The monoisotopic (exact) mass is 429 g/mol. The molecule has 0 amide bonds. The Morgan fingerprint density at radius 2 is 1.78 bits per heavy atom. The molecular formula is C28H31NO3. The molecule has 0 spiro atoms. The summed E-state index contributed by atoms with van der Waals surface area (Å²) in [6.07, 6.45) is 1.00. The largest absolute Gasteiger partial charge is 0.489 e. The zero-order valence-corrected chi connectivity index (χ0v) is 18.8. The van der Waals surface area contributed by atoms with Gasteiger partial charge in [-0.15, -0.1) is 0 Å². The number of aromatic carboxylic acids is 1. The van der Waals surface area contributed by atoms with Crippen molar-refractivity contribution in [3.8, 4) is 5.75 Å². The Kier molecular flexibility index (Phi) is 6.61. The molecule has 166 valence electrons. The fourth-order valence-corrected chi connectivity index (χ4v) is 4.63. The number of likely N-dealkylation sites (tertiary alicyclic amines) is 1. The predicted octanol–water partition coefficient (Wildman–Crippen LogP) is 5.76. The van der Waals surface area contributed by atoms with Crippen LogP contribution in [0.5, 0.6) is 5.75 Å². The Morgan fingerprint density at radius 3 is 2.53 bits per heavy atom. The van der Waals surface area contributed by atoms with E-state index in [1.54, 1.807) is 6.07 Å². The second-order valence-corrected chi connectivity index (χ2v) is 9.11. The molecule has 4 rings (SSSR count). The Balaban J connectivity index is 1.39. The Bertz CT molecular complexity index is 1070. The van der Waals surface area contributed by atoms with Crippen molar-refractivity contribution in [3.05, 3.63) is 101 Å². The summed E-state index contributed by atoms with van der Waals surface area (Å²) in [5.74, 6) is 0.444. The van der Waals surface area contributed by atoms with Crippen LogP contribution in [0.2, 0.25) is 0 Å². The zero-order valence-electron chi connectivity index (χ0n) is 18.8. The topological polar surface area (TPSA) is 49.8 Å². The molecule has 3 aromatic carbocycles. The molecule has 0 saturated carbocycles. The highest BCUT2D eigenvalue weighted by molar-refractivity contribution is 5.87. The van der Waals surface area contributed by atoms with Crippen LogP contribution in [0.15, 0.2) is 78.9 Å². The van der Waals surface area contributed by atoms with E-state index in [0.29, 0.717) is 18.1 Å². The summed E-state index contributed by atoms with van der Waals surface area (Å²) in [6.45, 7) is 7.96. The number of carboxylic acids is 1. The lowest BCUT2D eigenvalue weighted by atomic mass is 9.68. The molecule has 1 aliphatic rings. The number of piperidine rings is 1. The molecule has 1 heterocycles. The summed E-state index contributed by atoms with van der Waals surface area (Å²) in [6, 6.07) is 26.0. The van der Waals surface area contributed by atoms with Crippen molar-refractivity contribution in [2.45, 2.75) is 38.8 Å². The molecule has 32 heavy (non-hydrogen) atoms. The first kappa shape index (κ1) is 22.1. The molecule has 0 aliphatic carbocycles. The number of rotatable bonds is 7. The van der Waals surface area contributed by atoms with Crippen LogP contribution >= 0.6 is 0 Å². The van der Waals surface area contributed by atoms with Crippen molar-refractivity contribution in [2.24, 2.45) is 5.92 Å². The number of nitrogens with zero attached hydrogens (tertiary/aromatic N) is 1. The molecule has 3 aromatic rings. The summed E-state index contributed by atoms with van der Waals surface area (Å²) < 4.78 is 6.00. The van der Waals surface area contributed by atoms with Crippen LogP contribution in [0.1, 0.15) is 47.3 Å². The van der Waals surface area contributed by atoms with Gasteiger partial charge in [0.15, 0.2) is 0 Å². The van der Waals surface area contributed by atoms with Crippen molar-refractivity contribution >= 4 is 5.97 Å². The highest BCUT2D eigenvalue weighted by atomic mass is 16.5. The molecule has 1 unspecified atom stereocenters. The van der Waals surface area contributed by atoms with Gasteiger partial charge >= 0.3 is 5.97 Å². The van der Waals surface area contributed by atoms with E-state index in [4.69, 9.17) is 4.74 Å². The third-order valence-corrected chi connectivity index (χ3v) is 6.89. The maximum Gasteiger partial charge on any atom is 0.335 e. The summed E-state index contributed by atoms with van der Waals surface area (Å²) >= 11 is 0. The van der Waals surface area contributed by atoms with Crippen molar-refractivity contribution < 1.29 is 14.6 Å². The van der Waals surface area contributed by atoms with Crippen LogP contribution < -0.4 is 4.74 Å². The fourth-order valence-electron chi connectivity index (χ4n) is 4.63. The summed E-state index contributed by atoms with van der Waals surface area (Å²) in [7, 11) is 0. The predicted molar refractivity (Wildman–Crippen MR) is 127 cm³/mol. The molecule has 4 heteroatoms. The first-order valence-electron chi connectivity index (χ1n) is 11.3. The summed E-state index contributed by atoms with van der Waals surface area (Å²) in [4.78, 5) is 13.9. The number of benzene rings is 3. The van der Waals surface area contributed by atoms with E-state index >= 15 is 0 Å². The van der Waals surface area contributed by atoms with Crippen molar-refractivity contribution in [1.82, 2.24) is 4.90 Å². The molecule has 0 radical (unpaired) electrons. The van der Waals surface area contributed by atoms with E-state index in [9.17, 15) is 9.90 Å². The van der Waals surface area contributed by atoms with Crippen LogP contribution in [0, 0.1) is 5.92 Å². The Labute approximate surface area is 190 Å². The van der Waals surface area contributed by atoms with Gasteiger partial charge in [0.1, 0.15) is 12.4 Å². The van der Waals surface area contributed by atoms with Crippen LogP contribution in [0.3, 0.4) is 0 Å². The van der Waals surface area contributed by atoms with E-state index < -0.39 is 5.97 Å². The van der Waals surface area contributed by atoms with Gasteiger partial charge in [-0.05, 0) is 65.3 Å². The molecule has 2 atom stereocenters. The third-order valence-electron chi connectivity index (χ3n) is 6.89. The van der Waals surface area contributed by atoms with E-state index in [1.165, 1.54) is 5.56 Å². The SMILES string of the molecule is CC1CN(Cc2cccc(OCc3ccccc3)c2)CC[C@@]1(C)c1cccc(C(=O)O)c1. The number of carboxylic acid groups (broad SMARTS) is 1. The zero-order chi connectivity index (χ0) is 22.6. The molecule has 1 aliphatic heterocycles. The van der Waals surface area contributed by atoms with E-state index in [1.807, 2.05) is 36.4 Å². The van der Waals surface area contributed by atoms with Gasteiger partial charge < -0.3 is 9.84 Å². The van der Waals surface area contributed by atoms with E-state index in [-0.39, 0.29) is 5.41 Å². The number of ether oxygens (including phenoxy) is 1. The standard InChI is InChI=1S/C28H31NO3/c1-21-18-29(15-14-28(21,2)25-12-7-11-24(17-25)27(30)31)19-23-10-6-13-26(16-23)32-20-22-8-4-3-5-9-22/h3-13,16-17,21H,14-15,18-20H2,1-2H3,(H,30,31)/t21?,28-/m1/s1. The highest BCUT2D eigenvalue weighted by Gasteiger charge is 2.38. The van der Waals surface area contributed by atoms with Gasteiger partial charge in [0, 0.05) is 13.1 Å². The average molecular weight is 430 g/mol. The molecule has 1 N–H and O–H groups in total. The number of carbonyl (C=O) groups is 1. The molecule has 0 bridgehead atoms. The quantitative estimate of drug-likeness (QED) is 0.518. The highest BCUT2D eigenvalue weighted by Crippen LogP contribution is 2.40. The molecule has 4 nitrogen and oxygen atoms in total. The van der Waals surface area contributed by atoms with Crippen LogP contribution in [-0.2, 0) is 18.6 Å². The average Bonchev–Trinajstić information content (AvgIpc) is 2.81. The van der Waals surface area contributed by atoms with Crippen LogP contribution in [-0.4, -0.2) is 29.1 Å². The van der Waals surface area contributed by atoms with Gasteiger partial charge in [0.25, 0.3) is 0 Å². The van der Waals surface area contributed by atoms with Gasteiger partial charge in [0.05, 0.1) is 5.56 Å². The van der Waals surface area contributed by atoms with E-state index in [2.05, 4.69) is 55.1 Å². The van der Waals surface area contributed by atoms with Crippen molar-refractivity contribution in [2.75, 3.05) is 13.1 Å². The van der Waals surface area contributed by atoms with Crippen LogP contribution in [0.4, 0.5) is 0 Å². The summed E-state index contributed by atoms with van der Waals surface area (Å²) in [5, 5.41) is 9.37. The van der Waals surface area contributed by atoms with Crippen molar-refractivity contribution in [1.29, 1.82) is 0 Å². The molecular weight excluding hydrogens is 398 g/mol. The lowest BCUT2D eigenvalue weighted by molar-refractivity contribution is 0.0696. The van der Waals surface area contributed by atoms with Gasteiger partial charge in [0.2, 0.25) is 0 Å². The molecule has 0 aromatic heterocycles. The summed E-state index contributed by atoms with van der Waals surface area (Å²) in [5.41, 5.74) is 3.88. The van der Waals surface area contributed by atoms with Crippen LogP contribution in [0.25, 0.3) is 0 Å². The Hall–Kier alpha value is -3.11. The maximum absolute atomic E-state index is 11.4. The molecule has 1 saturated heterocycles.